The van der Waals surface area contributed by atoms with Crippen molar-refractivity contribution in [2.24, 2.45) is 5.73 Å². The summed E-state index contributed by atoms with van der Waals surface area (Å²) in [6.45, 7) is -0.0880. The van der Waals surface area contributed by atoms with Gasteiger partial charge in [0.25, 0.3) is 11.5 Å². The van der Waals surface area contributed by atoms with Crippen molar-refractivity contribution in [1.29, 1.82) is 0 Å². The highest BCUT2D eigenvalue weighted by atomic mass is 32.1. The molecule has 0 saturated carbocycles. The van der Waals surface area contributed by atoms with Crippen LogP contribution in [-0.2, 0) is 9.53 Å². The SMILES string of the molecule is CN(C(=O)OC(CN)c1ccc(O)c(O)c1)C(C(=O)Nc1ccc2c(=O)[nH]ccc2c1)c1ccsc1. The Balaban J connectivity index is 1.56. The zero-order valence-electron chi connectivity index (χ0n) is 19.2. The molecule has 2 unspecified atom stereocenters. The minimum absolute atomic E-state index is 0.0880. The number of carbonyl (C=O) groups is 2. The number of nitrogens with two attached hydrogens (primary N) is 1. The number of benzene rings is 2. The van der Waals surface area contributed by atoms with E-state index < -0.39 is 24.1 Å². The lowest BCUT2D eigenvalue weighted by atomic mass is 10.1. The van der Waals surface area contributed by atoms with Gasteiger partial charge in [-0.2, -0.15) is 11.3 Å². The topological polar surface area (TPSA) is 158 Å². The van der Waals surface area contributed by atoms with Gasteiger partial charge in [0, 0.05) is 30.9 Å². The van der Waals surface area contributed by atoms with Crippen molar-refractivity contribution in [3.63, 3.8) is 0 Å². The fraction of sp³-hybridized carbons (Fsp3) is 0.160. The summed E-state index contributed by atoms with van der Waals surface area (Å²) in [6, 6.07) is 11.3. The van der Waals surface area contributed by atoms with Crippen molar-refractivity contribution in [3.8, 4) is 11.5 Å². The molecular formula is C25H24N4O6S. The number of fused-ring (bicyclic) bond motifs is 1. The number of pyridine rings is 1. The summed E-state index contributed by atoms with van der Waals surface area (Å²) >= 11 is 1.37. The largest absolute Gasteiger partial charge is 0.504 e. The van der Waals surface area contributed by atoms with Crippen LogP contribution in [0.2, 0.25) is 0 Å². The molecule has 0 aliphatic rings. The molecule has 0 aliphatic carbocycles. The first-order chi connectivity index (χ1) is 17.3. The number of hydrogen-bond acceptors (Lipinski definition) is 8. The molecular weight excluding hydrogens is 484 g/mol. The average Bonchev–Trinajstić information content (AvgIpc) is 3.38. The number of likely N-dealkylation sites (N-methyl/N-ethyl adjacent to an activating group) is 1. The number of aromatic hydroxyl groups is 2. The lowest BCUT2D eigenvalue weighted by Gasteiger charge is -2.28. The number of rotatable bonds is 7. The fourth-order valence-electron chi connectivity index (χ4n) is 3.77. The van der Waals surface area contributed by atoms with Crippen LogP contribution in [0.15, 0.2) is 70.3 Å². The van der Waals surface area contributed by atoms with E-state index in [-0.39, 0.29) is 23.6 Å². The number of phenols is 2. The Bertz CT molecular complexity index is 1450. The van der Waals surface area contributed by atoms with Gasteiger partial charge in [0.2, 0.25) is 0 Å². The first-order valence-electron chi connectivity index (χ1n) is 10.9. The second-order valence-electron chi connectivity index (χ2n) is 8.02. The molecule has 4 rings (SSSR count). The van der Waals surface area contributed by atoms with Crippen molar-refractivity contribution < 1.29 is 24.5 Å². The van der Waals surface area contributed by atoms with Crippen LogP contribution in [0.5, 0.6) is 11.5 Å². The van der Waals surface area contributed by atoms with Gasteiger partial charge in [0.1, 0.15) is 12.1 Å². The van der Waals surface area contributed by atoms with Gasteiger partial charge >= 0.3 is 6.09 Å². The summed E-state index contributed by atoms with van der Waals surface area (Å²) in [6.07, 6.45) is -0.207. The maximum Gasteiger partial charge on any atom is 0.411 e. The molecule has 2 atom stereocenters. The quantitative estimate of drug-likeness (QED) is 0.239. The summed E-state index contributed by atoms with van der Waals surface area (Å²) in [4.78, 5) is 42.1. The van der Waals surface area contributed by atoms with Gasteiger partial charge in [-0.15, -0.1) is 0 Å². The molecule has 0 radical (unpaired) electrons. The number of H-pyrrole nitrogens is 1. The summed E-state index contributed by atoms with van der Waals surface area (Å²) in [5.41, 5.74) is 6.98. The monoisotopic (exact) mass is 508 g/mol. The maximum absolute atomic E-state index is 13.4. The Hall–Kier alpha value is -4.35. The Kier molecular flexibility index (Phi) is 7.23. The fourth-order valence-corrected chi connectivity index (χ4v) is 4.44. The minimum Gasteiger partial charge on any atom is -0.504 e. The van der Waals surface area contributed by atoms with Crippen LogP contribution in [0.1, 0.15) is 23.3 Å². The van der Waals surface area contributed by atoms with E-state index in [2.05, 4.69) is 10.3 Å². The third-order valence-electron chi connectivity index (χ3n) is 5.65. The van der Waals surface area contributed by atoms with Crippen LogP contribution >= 0.6 is 11.3 Å². The van der Waals surface area contributed by atoms with Gasteiger partial charge < -0.3 is 31.0 Å². The molecule has 2 amide bonds. The van der Waals surface area contributed by atoms with Crippen LogP contribution in [0.3, 0.4) is 0 Å². The van der Waals surface area contributed by atoms with Gasteiger partial charge in [0.15, 0.2) is 11.5 Å². The van der Waals surface area contributed by atoms with Crippen LogP contribution in [0.25, 0.3) is 10.8 Å². The molecule has 2 aromatic carbocycles. The zero-order chi connectivity index (χ0) is 25.8. The second-order valence-corrected chi connectivity index (χ2v) is 8.80. The smallest absolute Gasteiger partial charge is 0.411 e. The zero-order valence-corrected chi connectivity index (χ0v) is 20.0. The number of anilines is 1. The standard InChI is InChI=1S/C25H24N4O6S/c1-29(25(34)35-21(12-26)15-2-5-19(30)20(31)11-15)22(16-7-9-36-13-16)24(33)28-17-3-4-18-14(10-17)6-8-27-23(18)32/h2-11,13,21-22,30-31H,12,26H2,1H3,(H,27,32)(H,28,33). The van der Waals surface area contributed by atoms with E-state index in [0.717, 1.165) is 4.90 Å². The lowest BCUT2D eigenvalue weighted by Crippen LogP contribution is -2.39. The predicted molar refractivity (Wildman–Crippen MR) is 136 cm³/mol. The molecule has 2 heterocycles. The van der Waals surface area contributed by atoms with Crippen molar-refractivity contribution in [2.45, 2.75) is 12.1 Å². The Labute approximate surface area is 209 Å². The second kappa shape index (κ2) is 10.5. The maximum atomic E-state index is 13.4. The van der Waals surface area contributed by atoms with Crippen molar-refractivity contribution >= 4 is 39.8 Å². The van der Waals surface area contributed by atoms with E-state index in [9.17, 15) is 24.6 Å². The molecule has 6 N–H and O–H groups in total. The van der Waals surface area contributed by atoms with E-state index in [1.54, 1.807) is 41.1 Å². The van der Waals surface area contributed by atoms with Crippen LogP contribution in [-0.4, -0.2) is 45.7 Å². The molecule has 0 aliphatic heterocycles. The number of aromatic nitrogens is 1. The molecule has 36 heavy (non-hydrogen) atoms. The van der Waals surface area contributed by atoms with Crippen molar-refractivity contribution in [1.82, 2.24) is 9.88 Å². The molecule has 186 valence electrons. The molecule has 4 aromatic rings. The van der Waals surface area contributed by atoms with E-state index in [4.69, 9.17) is 10.5 Å². The summed E-state index contributed by atoms with van der Waals surface area (Å²) in [5.74, 6) is -1.17. The van der Waals surface area contributed by atoms with E-state index in [1.807, 2.05) is 0 Å². The third kappa shape index (κ3) is 5.16. The number of thiophene rings is 1. The van der Waals surface area contributed by atoms with E-state index in [0.29, 0.717) is 27.6 Å². The number of aromatic amines is 1. The first kappa shape index (κ1) is 24.8. The minimum atomic E-state index is -1.02. The predicted octanol–water partition coefficient (Wildman–Crippen LogP) is 3.45. The highest BCUT2D eigenvalue weighted by Crippen LogP contribution is 2.30. The van der Waals surface area contributed by atoms with Gasteiger partial charge in [0.05, 0.1) is 0 Å². The van der Waals surface area contributed by atoms with Crippen molar-refractivity contribution in [2.75, 3.05) is 18.9 Å². The third-order valence-corrected chi connectivity index (χ3v) is 6.35. The van der Waals surface area contributed by atoms with Crippen LogP contribution in [0, 0.1) is 0 Å². The molecule has 11 heteroatoms. The highest BCUT2D eigenvalue weighted by Gasteiger charge is 2.31. The first-order valence-corrected chi connectivity index (χ1v) is 11.8. The van der Waals surface area contributed by atoms with Gasteiger partial charge in [-0.05, 0) is 69.7 Å². The number of phenolic OH excluding ortho intramolecular Hbond substituents is 2. The summed E-state index contributed by atoms with van der Waals surface area (Å²) in [7, 11) is 1.44. The Morgan fingerprint density at radius 1 is 1.11 bits per heavy atom. The molecule has 2 aromatic heterocycles. The van der Waals surface area contributed by atoms with Crippen LogP contribution in [0.4, 0.5) is 10.5 Å². The van der Waals surface area contributed by atoms with E-state index >= 15 is 0 Å². The lowest BCUT2D eigenvalue weighted by molar-refractivity contribution is -0.120. The normalized spacial score (nSPS) is 12.6. The Morgan fingerprint density at radius 3 is 2.61 bits per heavy atom. The molecule has 0 saturated heterocycles. The Morgan fingerprint density at radius 2 is 1.92 bits per heavy atom. The number of amides is 2. The van der Waals surface area contributed by atoms with Crippen molar-refractivity contribution in [3.05, 3.63) is 87.0 Å². The molecule has 10 nitrogen and oxygen atoms in total. The number of hydrogen-bond donors (Lipinski definition) is 5. The molecule has 0 bridgehead atoms. The molecule has 0 spiro atoms. The summed E-state index contributed by atoms with van der Waals surface area (Å²) < 4.78 is 5.55. The highest BCUT2D eigenvalue weighted by molar-refractivity contribution is 7.08. The van der Waals surface area contributed by atoms with E-state index in [1.165, 1.54) is 42.8 Å². The number of carbonyl (C=O) groups excluding carboxylic acids is 2. The van der Waals surface area contributed by atoms with Gasteiger partial charge in [-0.3, -0.25) is 14.5 Å². The molecule has 0 fully saturated rings. The average molecular weight is 509 g/mol. The van der Waals surface area contributed by atoms with Gasteiger partial charge in [-0.1, -0.05) is 6.07 Å². The number of ether oxygens (including phenoxy) is 1. The number of nitrogens with zero attached hydrogens (tertiary/aromatic N) is 1. The summed E-state index contributed by atoms with van der Waals surface area (Å²) in [5, 5.41) is 26.8. The van der Waals surface area contributed by atoms with Crippen LogP contribution < -0.4 is 16.6 Å². The number of nitrogens with one attached hydrogen (secondary N) is 2. The van der Waals surface area contributed by atoms with Gasteiger partial charge in [-0.25, -0.2) is 4.79 Å².